The van der Waals surface area contributed by atoms with Crippen molar-refractivity contribution in [3.63, 3.8) is 0 Å². The van der Waals surface area contributed by atoms with E-state index in [1.807, 2.05) is 11.3 Å². The summed E-state index contributed by atoms with van der Waals surface area (Å²) in [6.07, 6.45) is 5.09. The van der Waals surface area contributed by atoms with Crippen LogP contribution in [0.15, 0.2) is 0 Å². The van der Waals surface area contributed by atoms with E-state index >= 15 is 0 Å². The van der Waals surface area contributed by atoms with E-state index in [4.69, 9.17) is 4.98 Å². The molecule has 0 radical (unpaired) electrons. The van der Waals surface area contributed by atoms with Gasteiger partial charge in [0, 0.05) is 30.3 Å². The van der Waals surface area contributed by atoms with Crippen LogP contribution in [0.2, 0.25) is 0 Å². The zero-order valence-corrected chi connectivity index (χ0v) is 8.49. The predicted molar refractivity (Wildman–Crippen MR) is 54.4 cm³/mol. The second kappa shape index (κ2) is 3.07. The van der Waals surface area contributed by atoms with Gasteiger partial charge in [-0.15, -0.1) is 11.3 Å². The molecule has 1 aromatic heterocycles. The fourth-order valence-electron chi connectivity index (χ4n) is 1.83. The van der Waals surface area contributed by atoms with Gasteiger partial charge in [0.25, 0.3) is 0 Å². The second-order valence-electron chi connectivity index (χ2n) is 3.95. The quantitative estimate of drug-likeness (QED) is 0.736. The van der Waals surface area contributed by atoms with Crippen LogP contribution in [0.3, 0.4) is 0 Å². The summed E-state index contributed by atoms with van der Waals surface area (Å²) in [5.41, 5.74) is 1.39. The van der Waals surface area contributed by atoms with Crippen molar-refractivity contribution >= 4 is 11.3 Å². The molecule has 2 nitrogen and oxygen atoms in total. The monoisotopic (exact) mass is 194 g/mol. The van der Waals surface area contributed by atoms with Crippen molar-refractivity contribution in [2.75, 3.05) is 13.1 Å². The number of rotatable bonds is 1. The van der Waals surface area contributed by atoms with Gasteiger partial charge >= 0.3 is 0 Å². The van der Waals surface area contributed by atoms with Crippen molar-refractivity contribution in [3.05, 3.63) is 15.6 Å². The van der Waals surface area contributed by atoms with E-state index in [-0.39, 0.29) is 0 Å². The second-order valence-corrected chi connectivity index (χ2v) is 5.06. The first kappa shape index (κ1) is 7.94. The zero-order chi connectivity index (χ0) is 8.67. The molecule has 1 fully saturated rings. The van der Waals surface area contributed by atoms with Crippen LogP contribution in [0.1, 0.15) is 34.3 Å². The van der Waals surface area contributed by atoms with Gasteiger partial charge in [0.15, 0.2) is 0 Å². The molecule has 0 bridgehead atoms. The largest absolute Gasteiger partial charge is 0.316 e. The molecule has 1 aliphatic carbocycles. The summed E-state index contributed by atoms with van der Waals surface area (Å²) < 4.78 is 0. The molecule has 0 spiro atoms. The third kappa shape index (κ3) is 1.51. The van der Waals surface area contributed by atoms with E-state index in [1.54, 1.807) is 4.88 Å². The lowest BCUT2D eigenvalue weighted by atomic mass is 10.2. The standard InChI is InChI=1S/C10H14N2S/c1-2-7(1)10-12-8-3-5-11-6-4-9(8)13-10/h7,11H,1-6H2. The molecule has 0 atom stereocenters. The van der Waals surface area contributed by atoms with E-state index in [0.29, 0.717) is 0 Å². The highest BCUT2D eigenvalue weighted by Crippen LogP contribution is 2.42. The lowest BCUT2D eigenvalue weighted by Gasteiger charge is -1.94. The first-order valence-corrected chi connectivity index (χ1v) is 5.94. The number of nitrogens with one attached hydrogen (secondary N) is 1. The van der Waals surface area contributed by atoms with Crippen molar-refractivity contribution in [1.82, 2.24) is 10.3 Å². The molecule has 1 N–H and O–H groups in total. The molecule has 1 aromatic rings. The maximum Gasteiger partial charge on any atom is 0.0962 e. The van der Waals surface area contributed by atoms with E-state index < -0.39 is 0 Å². The van der Waals surface area contributed by atoms with Crippen LogP contribution < -0.4 is 5.32 Å². The van der Waals surface area contributed by atoms with E-state index in [1.165, 1.54) is 30.0 Å². The molecule has 0 amide bonds. The van der Waals surface area contributed by atoms with Gasteiger partial charge in [-0.1, -0.05) is 0 Å². The fourth-order valence-corrected chi connectivity index (χ4v) is 3.11. The summed E-state index contributed by atoms with van der Waals surface area (Å²) in [6, 6.07) is 0. The molecule has 1 aliphatic heterocycles. The summed E-state index contributed by atoms with van der Waals surface area (Å²) in [5.74, 6) is 0.838. The molecular weight excluding hydrogens is 180 g/mol. The highest BCUT2D eigenvalue weighted by atomic mass is 32.1. The minimum atomic E-state index is 0.838. The van der Waals surface area contributed by atoms with Crippen molar-refractivity contribution in [1.29, 1.82) is 0 Å². The first-order chi connectivity index (χ1) is 6.43. The van der Waals surface area contributed by atoms with Crippen LogP contribution in [0.25, 0.3) is 0 Å². The SMILES string of the molecule is C1Cc2nc(C3CC3)sc2CCN1. The van der Waals surface area contributed by atoms with Gasteiger partial charge in [0.1, 0.15) is 0 Å². The Morgan fingerprint density at radius 1 is 1.23 bits per heavy atom. The third-order valence-corrected chi connectivity index (χ3v) is 4.11. The van der Waals surface area contributed by atoms with Crippen LogP contribution in [0.5, 0.6) is 0 Å². The van der Waals surface area contributed by atoms with Gasteiger partial charge in [-0.25, -0.2) is 4.98 Å². The Hall–Kier alpha value is -0.410. The summed E-state index contributed by atoms with van der Waals surface area (Å²) in [6.45, 7) is 2.25. The first-order valence-electron chi connectivity index (χ1n) is 5.12. The molecule has 0 unspecified atom stereocenters. The fraction of sp³-hybridized carbons (Fsp3) is 0.700. The van der Waals surface area contributed by atoms with Gasteiger partial charge in [-0.3, -0.25) is 0 Å². The lowest BCUT2D eigenvalue weighted by Crippen LogP contribution is -2.16. The molecule has 13 heavy (non-hydrogen) atoms. The van der Waals surface area contributed by atoms with Gasteiger partial charge in [0.05, 0.1) is 10.7 Å². The van der Waals surface area contributed by atoms with E-state index in [0.717, 1.165) is 25.4 Å². The van der Waals surface area contributed by atoms with Crippen LogP contribution >= 0.6 is 11.3 Å². The third-order valence-electron chi connectivity index (χ3n) is 2.79. The Balaban J connectivity index is 1.92. The Kier molecular flexibility index (Phi) is 1.87. The highest BCUT2D eigenvalue weighted by molar-refractivity contribution is 7.11. The Morgan fingerprint density at radius 2 is 2.08 bits per heavy atom. The lowest BCUT2D eigenvalue weighted by molar-refractivity contribution is 0.708. The minimum absolute atomic E-state index is 0.838. The topological polar surface area (TPSA) is 24.9 Å². The number of hydrogen-bond donors (Lipinski definition) is 1. The Labute approximate surface area is 82.4 Å². The van der Waals surface area contributed by atoms with Crippen molar-refractivity contribution < 1.29 is 0 Å². The molecule has 2 heterocycles. The molecule has 0 saturated heterocycles. The number of thiazole rings is 1. The predicted octanol–water partition coefficient (Wildman–Crippen LogP) is 1.71. The van der Waals surface area contributed by atoms with E-state index in [2.05, 4.69) is 5.32 Å². The summed E-state index contributed by atoms with van der Waals surface area (Å²) in [7, 11) is 0. The molecule has 0 aromatic carbocycles. The average Bonchev–Trinajstić information content (AvgIpc) is 2.93. The van der Waals surface area contributed by atoms with Crippen LogP contribution in [-0.4, -0.2) is 18.1 Å². The molecular formula is C10H14N2S. The Morgan fingerprint density at radius 3 is 2.92 bits per heavy atom. The van der Waals surface area contributed by atoms with Gasteiger partial charge < -0.3 is 5.32 Å². The molecule has 3 heteroatoms. The van der Waals surface area contributed by atoms with Crippen LogP contribution in [0.4, 0.5) is 0 Å². The Bertz CT molecular complexity index is 291. The summed E-state index contributed by atoms with van der Waals surface area (Å²) >= 11 is 1.97. The van der Waals surface area contributed by atoms with Gasteiger partial charge in [-0.05, 0) is 19.3 Å². The number of hydrogen-bond acceptors (Lipinski definition) is 3. The highest BCUT2D eigenvalue weighted by Gasteiger charge is 2.28. The maximum absolute atomic E-state index is 4.75. The number of nitrogens with zero attached hydrogens (tertiary/aromatic N) is 1. The van der Waals surface area contributed by atoms with Crippen LogP contribution in [0, 0.1) is 0 Å². The average molecular weight is 194 g/mol. The van der Waals surface area contributed by atoms with E-state index in [9.17, 15) is 0 Å². The smallest absolute Gasteiger partial charge is 0.0962 e. The van der Waals surface area contributed by atoms with Crippen molar-refractivity contribution in [2.45, 2.75) is 31.6 Å². The molecule has 1 saturated carbocycles. The molecule has 2 aliphatic rings. The van der Waals surface area contributed by atoms with Crippen molar-refractivity contribution in [2.24, 2.45) is 0 Å². The molecule has 70 valence electrons. The van der Waals surface area contributed by atoms with Gasteiger partial charge in [-0.2, -0.15) is 0 Å². The number of fused-ring (bicyclic) bond motifs is 1. The van der Waals surface area contributed by atoms with Crippen LogP contribution in [-0.2, 0) is 12.8 Å². The maximum atomic E-state index is 4.75. The number of aromatic nitrogens is 1. The normalized spacial score (nSPS) is 22.5. The van der Waals surface area contributed by atoms with Crippen molar-refractivity contribution in [3.8, 4) is 0 Å². The zero-order valence-electron chi connectivity index (χ0n) is 7.68. The molecule has 3 rings (SSSR count). The summed E-state index contributed by atoms with van der Waals surface area (Å²) in [5, 5.41) is 4.83. The minimum Gasteiger partial charge on any atom is -0.316 e. The van der Waals surface area contributed by atoms with Gasteiger partial charge in [0.2, 0.25) is 0 Å². The summed E-state index contributed by atoms with van der Waals surface area (Å²) in [4.78, 5) is 6.30.